The molecule has 4 aromatic carbocycles. The molecule has 0 aromatic heterocycles. The van der Waals surface area contributed by atoms with Gasteiger partial charge in [0.15, 0.2) is 0 Å². The van der Waals surface area contributed by atoms with Gasteiger partial charge in [-0.15, -0.1) is 6.42 Å². The molecule has 0 nitrogen and oxygen atoms in total. The van der Waals surface area contributed by atoms with Gasteiger partial charge in [-0.25, -0.2) is 0 Å². The van der Waals surface area contributed by atoms with Gasteiger partial charge in [0.2, 0.25) is 0 Å². The van der Waals surface area contributed by atoms with Crippen molar-refractivity contribution in [1.82, 2.24) is 0 Å². The smallest absolute Gasteiger partial charge is 0.0249 e. The molecule has 0 amide bonds. The van der Waals surface area contributed by atoms with Gasteiger partial charge in [0.1, 0.15) is 0 Å². The lowest BCUT2D eigenvalue weighted by molar-refractivity contribution is 1.59. The van der Waals surface area contributed by atoms with Gasteiger partial charge in [0.25, 0.3) is 0 Å². The van der Waals surface area contributed by atoms with Crippen molar-refractivity contribution in [3.63, 3.8) is 0 Å². The second kappa shape index (κ2) is 14.7. The van der Waals surface area contributed by atoms with Gasteiger partial charge >= 0.3 is 0 Å². The zero-order chi connectivity index (χ0) is 22.3. The molecular formula is C28H19Br2I. The van der Waals surface area contributed by atoms with E-state index in [1.165, 1.54) is 3.57 Å². The maximum Gasteiger partial charge on any atom is 0.0249 e. The summed E-state index contributed by atoms with van der Waals surface area (Å²) in [7, 11) is 0. The lowest BCUT2D eigenvalue weighted by atomic mass is 10.2. The van der Waals surface area contributed by atoms with E-state index in [0.29, 0.717) is 0 Å². The molecule has 31 heavy (non-hydrogen) atoms. The van der Waals surface area contributed by atoms with E-state index in [-0.39, 0.29) is 0 Å². The van der Waals surface area contributed by atoms with Crippen LogP contribution in [0.4, 0.5) is 0 Å². The molecule has 0 aliphatic heterocycles. The summed E-state index contributed by atoms with van der Waals surface area (Å²) in [5.74, 6) is 8.76. The summed E-state index contributed by atoms with van der Waals surface area (Å²) in [5.41, 5.74) is 3.01. The van der Waals surface area contributed by atoms with Gasteiger partial charge in [0.05, 0.1) is 0 Å². The number of halogens is 3. The Kier molecular flexibility index (Phi) is 11.8. The number of benzene rings is 4. The first-order valence-electron chi connectivity index (χ1n) is 9.32. The Bertz CT molecular complexity index is 1110. The van der Waals surface area contributed by atoms with Crippen LogP contribution in [0.2, 0.25) is 0 Å². The second-order valence-corrected chi connectivity index (χ2v) is 9.15. The lowest BCUT2D eigenvalue weighted by Crippen LogP contribution is -1.74. The lowest BCUT2D eigenvalue weighted by Gasteiger charge is -1.90. The molecule has 0 saturated heterocycles. The monoisotopic (exact) mass is 640 g/mol. The van der Waals surface area contributed by atoms with E-state index in [2.05, 4.69) is 84.3 Å². The molecule has 0 bridgehead atoms. The van der Waals surface area contributed by atoms with E-state index in [0.717, 1.165) is 25.6 Å². The molecule has 0 heterocycles. The van der Waals surface area contributed by atoms with Gasteiger partial charge in [-0.2, -0.15) is 0 Å². The first kappa shape index (κ1) is 25.0. The van der Waals surface area contributed by atoms with Gasteiger partial charge in [-0.1, -0.05) is 86.0 Å². The summed E-state index contributed by atoms with van der Waals surface area (Å²) >= 11 is 9.01. The third-order valence-corrected chi connectivity index (χ3v) is 5.49. The Morgan fingerprint density at radius 2 is 0.903 bits per heavy atom. The number of terminal acetylenes is 1. The summed E-state index contributed by atoms with van der Waals surface area (Å²) in [4.78, 5) is 0. The first-order valence-corrected chi connectivity index (χ1v) is 12.0. The standard InChI is InChI=1S/C14H9Br.C8H6.C6H4BrI/c15-14-10-8-13(9-11-14)7-6-12-4-2-1-3-5-12;1-2-8-6-4-3-5-7-8;7-5-1-3-6(8)4-2-5/h1-5,8-11H;1,3-7H;1-4H. The Morgan fingerprint density at radius 3 is 1.29 bits per heavy atom. The van der Waals surface area contributed by atoms with Crippen molar-refractivity contribution in [3.05, 3.63) is 138 Å². The molecule has 0 radical (unpaired) electrons. The maximum atomic E-state index is 5.10. The summed E-state index contributed by atoms with van der Waals surface area (Å²) in [6.45, 7) is 0. The number of rotatable bonds is 0. The van der Waals surface area contributed by atoms with Crippen LogP contribution in [0.5, 0.6) is 0 Å². The van der Waals surface area contributed by atoms with Crippen LogP contribution in [0.1, 0.15) is 16.7 Å². The van der Waals surface area contributed by atoms with E-state index in [4.69, 9.17) is 6.42 Å². The largest absolute Gasteiger partial charge is 0.115 e. The molecule has 152 valence electrons. The molecule has 0 aliphatic rings. The van der Waals surface area contributed by atoms with Crippen LogP contribution in [0.25, 0.3) is 0 Å². The fraction of sp³-hybridized carbons (Fsp3) is 0. The van der Waals surface area contributed by atoms with E-state index in [9.17, 15) is 0 Å². The highest BCUT2D eigenvalue weighted by Crippen LogP contribution is 2.11. The molecule has 0 saturated carbocycles. The zero-order valence-corrected chi connectivity index (χ0v) is 21.9. The average molecular weight is 642 g/mol. The highest BCUT2D eigenvalue weighted by Gasteiger charge is 1.87. The van der Waals surface area contributed by atoms with Crippen molar-refractivity contribution < 1.29 is 0 Å². The third-order valence-electron chi connectivity index (χ3n) is 3.71. The van der Waals surface area contributed by atoms with Crippen molar-refractivity contribution in [3.8, 4) is 24.2 Å². The molecule has 0 atom stereocenters. The molecular weight excluding hydrogens is 623 g/mol. The minimum atomic E-state index is 0.938. The Morgan fingerprint density at radius 1 is 0.516 bits per heavy atom. The second-order valence-electron chi connectivity index (χ2n) is 6.07. The molecule has 3 heteroatoms. The normalized spacial score (nSPS) is 8.84. The van der Waals surface area contributed by atoms with Gasteiger partial charge in [-0.05, 0) is 95.4 Å². The molecule has 0 aliphatic carbocycles. The summed E-state index contributed by atoms with van der Waals surface area (Å²) in [6.07, 6.45) is 5.10. The Labute approximate surface area is 215 Å². The maximum absolute atomic E-state index is 5.10. The van der Waals surface area contributed by atoms with Crippen LogP contribution in [0.15, 0.2) is 118 Å². The van der Waals surface area contributed by atoms with Crippen LogP contribution >= 0.6 is 54.5 Å². The summed E-state index contributed by atoms with van der Waals surface area (Å²) < 4.78 is 3.48. The molecule has 0 N–H and O–H groups in total. The van der Waals surface area contributed by atoms with Crippen LogP contribution < -0.4 is 0 Å². The number of hydrogen-bond acceptors (Lipinski definition) is 0. The Balaban J connectivity index is 0.000000181. The van der Waals surface area contributed by atoms with Crippen molar-refractivity contribution in [1.29, 1.82) is 0 Å². The van der Waals surface area contributed by atoms with Crippen molar-refractivity contribution in [2.45, 2.75) is 0 Å². The van der Waals surface area contributed by atoms with E-state index >= 15 is 0 Å². The van der Waals surface area contributed by atoms with Crippen molar-refractivity contribution in [2.75, 3.05) is 0 Å². The highest BCUT2D eigenvalue weighted by atomic mass is 127. The van der Waals surface area contributed by atoms with Gasteiger partial charge in [0, 0.05) is 29.2 Å². The van der Waals surface area contributed by atoms with Crippen molar-refractivity contribution >= 4 is 54.5 Å². The minimum Gasteiger partial charge on any atom is -0.115 e. The molecule has 0 fully saturated rings. The fourth-order valence-corrected chi connectivity index (χ4v) is 3.05. The minimum absolute atomic E-state index is 0.938. The fourth-order valence-electron chi connectivity index (χ4n) is 2.16. The molecule has 4 rings (SSSR count). The van der Waals surface area contributed by atoms with E-state index in [1.54, 1.807) is 0 Å². The van der Waals surface area contributed by atoms with Gasteiger partial charge in [-0.3, -0.25) is 0 Å². The molecule has 0 spiro atoms. The molecule has 4 aromatic rings. The van der Waals surface area contributed by atoms with E-state index in [1.807, 2.05) is 97.1 Å². The Hall–Kier alpha value is -2.31. The number of hydrogen-bond donors (Lipinski definition) is 0. The zero-order valence-electron chi connectivity index (χ0n) is 16.6. The topological polar surface area (TPSA) is 0 Å². The van der Waals surface area contributed by atoms with Crippen molar-refractivity contribution in [2.24, 2.45) is 0 Å². The first-order chi connectivity index (χ1) is 15.1. The highest BCUT2D eigenvalue weighted by molar-refractivity contribution is 14.1. The van der Waals surface area contributed by atoms with E-state index < -0.39 is 0 Å². The average Bonchev–Trinajstić information content (AvgIpc) is 2.83. The van der Waals surface area contributed by atoms with Crippen LogP contribution in [0, 0.1) is 27.8 Å². The third kappa shape index (κ3) is 11.0. The van der Waals surface area contributed by atoms with Gasteiger partial charge < -0.3 is 0 Å². The van der Waals surface area contributed by atoms with Crippen LogP contribution in [0.3, 0.4) is 0 Å². The quantitative estimate of drug-likeness (QED) is 0.133. The summed E-state index contributed by atoms with van der Waals surface area (Å²) in [6, 6.07) is 35.8. The summed E-state index contributed by atoms with van der Waals surface area (Å²) in [5, 5.41) is 0. The van der Waals surface area contributed by atoms with Crippen LogP contribution in [-0.4, -0.2) is 0 Å². The SMILES string of the molecule is Brc1ccc(C#Cc2ccccc2)cc1.Brc1ccc(I)cc1.C#Cc1ccccc1. The van der Waals surface area contributed by atoms with Crippen LogP contribution in [-0.2, 0) is 0 Å². The molecule has 0 unspecified atom stereocenters. The predicted octanol–water partition coefficient (Wildman–Crippen LogP) is 8.57. The predicted molar refractivity (Wildman–Crippen MR) is 148 cm³/mol.